The Morgan fingerprint density at radius 2 is 0.917 bits per heavy atom. The summed E-state index contributed by atoms with van der Waals surface area (Å²) in [5.41, 5.74) is 4.21. The average molecular weight is 324 g/mol. The first kappa shape index (κ1) is 18.4. The first-order chi connectivity index (χ1) is 11.4. The second-order valence-electron chi connectivity index (χ2n) is 6.81. The maximum Gasteiger partial charge on any atom is 0.0849 e. The Morgan fingerprint density at radius 1 is 0.625 bits per heavy atom. The van der Waals surface area contributed by atoms with E-state index in [2.05, 4.69) is 0 Å². The fourth-order valence-electron chi connectivity index (χ4n) is 2.70. The third-order valence-corrected chi connectivity index (χ3v) is 4.55. The topological polar surface area (TPSA) is 40.5 Å². The molecule has 0 aliphatic heterocycles. The van der Waals surface area contributed by atoms with Gasteiger partial charge in [-0.1, -0.05) is 85.7 Å². The maximum atomic E-state index is 10.5. The second-order valence-corrected chi connectivity index (χ2v) is 6.81. The molecule has 0 amide bonds. The molecule has 0 saturated heterocycles. The van der Waals surface area contributed by atoms with E-state index in [1.165, 1.54) is 11.1 Å². The summed E-state index contributed by atoms with van der Waals surface area (Å²) in [6.45, 7) is 8.05. The van der Waals surface area contributed by atoms with Crippen LogP contribution in [-0.4, -0.2) is 10.2 Å². The zero-order chi connectivity index (χ0) is 17.7. The van der Waals surface area contributed by atoms with Crippen molar-refractivity contribution in [3.63, 3.8) is 0 Å². The van der Waals surface area contributed by atoms with Crippen LogP contribution in [-0.2, 0) is 0 Å². The van der Waals surface area contributed by atoms with Crippen LogP contribution in [0.1, 0.15) is 48.3 Å². The van der Waals surface area contributed by atoms with Gasteiger partial charge in [0.1, 0.15) is 0 Å². The highest BCUT2D eigenvalue weighted by Gasteiger charge is 2.17. The molecular formula is C22H28O2. The van der Waals surface area contributed by atoms with Crippen LogP contribution in [0.3, 0.4) is 0 Å². The van der Waals surface area contributed by atoms with Crippen molar-refractivity contribution in [2.75, 3.05) is 0 Å². The molecule has 2 rings (SSSR count). The van der Waals surface area contributed by atoms with Crippen LogP contribution >= 0.6 is 0 Å². The van der Waals surface area contributed by atoms with Crippen LogP contribution in [0.2, 0.25) is 0 Å². The summed E-state index contributed by atoms with van der Waals surface area (Å²) in [7, 11) is 0. The quantitative estimate of drug-likeness (QED) is 0.742. The van der Waals surface area contributed by atoms with Crippen LogP contribution in [0.4, 0.5) is 0 Å². The molecule has 128 valence electrons. The Bertz CT molecular complexity index is 596. The van der Waals surface area contributed by atoms with E-state index < -0.39 is 12.2 Å². The van der Waals surface area contributed by atoms with Crippen molar-refractivity contribution in [1.82, 2.24) is 0 Å². The number of aryl methyl sites for hydroxylation is 2. The van der Waals surface area contributed by atoms with Gasteiger partial charge in [-0.3, -0.25) is 0 Å². The van der Waals surface area contributed by atoms with Crippen LogP contribution in [0.25, 0.3) is 0 Å². The summed E-state index contributed by atoms with van der Waals surface area (Å²) in [5.74, 6) is -0.0271. The molecule has 0 aliphatic rings. The van der Waals surface area contributed by atoms with Crippen LogP contribution in [0.15, 0.2) is 60.7 Å². The minimum absolute atomic E-state index is 0.0135. The first-order valence-electron chi connectivity index (χ1n) is 8.56. The van der Waals surface area contributed by atoms with Gasteiger partial charge in [0.25, 0.3) is 0 Å². The van der Waals surface area contributed by atoms with Crippen molar-refractivity contribution < 1.29 is 10.2 Å². The fourth-order valence-corrected chi connectivity index (χ4v) is 2.70. The summed E-state index contributed by atoms with van der Waals surface area (Å²) >= 11 is 0. The lowest BCUT2D eigenvalue weighted by atomic mass is 9.92. The lowest BCUT2D eigenvalue weighted by Gasteiger charge is -2.19. The van der Waals surface area contributed by atoms with Crippen molar-refractivity contribution in [2.24, 2.45) is 11.8 Å². The molecule has 0 fully saturated rings. The van der Waals surface area contributed by atoms with Crippen molar-refractivity contribution in [1.29, 1.82) is 0 Å². The first-order valence-corrected chi connectivity index (χ1v) is 8.56. The Balaban J connectivity index is 2.00. The largest absolute Gasteiger partial charge is 0.388 e. The number of aliphatic hydroxyl groups is 2. The highest BCUT2D eigenvalue weighted by Crippen LogP contribution is 2.27. The van der Waals surface area contributed by atoms with Crippen LogP contribution in [0, 0.1) is 25.7 Å². The molecule has 2 heteroatoms. The molecule has 2 aromatic carbocycles. The molecule has 2 N–H and O–H groups in total. The molecule has 0 aliphatic carbocycles. The molecule has 4 atom stereocenters. The third kappa shape index (κ3) is 4.80. The smallest absolute Gasteiger partial charge is 0.0849 e. The average Bonchev–Trinajstić information content (AvgIpc) is 2.59. The molecule has 0 bridgehead atoms. The summed E-state index contributed by atoms with van der Waals surface area (Å²) in [6, 6.07) is 15.9. The van der Waals surface area contributed by atoms with E-state index in [0.29, 0.717) is 0 Å². The van der Waals surface area contributed by atoms with Gasteiger partial charge in [-0.15, -0.1) is 0 Å². The van der Waals surface area contributed by atoms with Crippen LogP contribution < -0.4 is 0 Å². The molecule has 24 heavy (non-hydrogen) atoms. The molecule has 0 radical (unpaired) electrons. The number of hydrogen-bond acceptors (Lipinski definition) is 2. The fraction of sp³-hybridized carbons (Fsp3) is 0.364. The molecule has 0 saturated carbocycles. The monoisotopic (exact) mass is 324 g/mol. The van der Waals surface area contributed by atoms with Gasteiger partial charge < -0.3 is 10.2 Å². The van der Waals surface area contributed by atoms with E-state index in [9.17, 15) is 10.2 Å². The minimum Gasteiger partial charge on any atom is -0.388 e. The SMILES string of the molecule is Cc1ccc(C(O)C(C)/C=C/C(C)C(O)c2ccc(C)cc2)cc1. The van der Waals surface area contributed by atoms with Crippen molar-refractivity contribution in [2.45, 2.75) is 39.9 Å². The number of aliphatic hydroxyl groups excluding tert-OH is 2. The molecule has 0 spiro atoms. The summed E-state index contributed by atoms with van der Waals surface area (Å²) < 4.78 is 0. The Morgan fingerprint density at radius 3 is 1.21 bits per heavy atom. The van der Waals surface area contributed by atoms with Gasteiger partial charge in [-0.2, -0.15) is 0 Å². The predicted octanol–water partition coefficient (Wildman–Crippen LogP) is 4.90. The van der Waals surface area contributed by atoms with Crippen molar-refractivity contribution >= 4 is 0 Å². The molecule has 0 aromatic heterocycles. The van der Waals surface area contributed by atoms with E-state index in [0.717, 1.165) is 11.1 Å². The van der Waals surface area contributed by atoms with Crippen molar-refractivity contribution in [3.8, 4) is 0 Å². The number of benzene rings is 2. The van der Waals surface area contributed by atoms with Crippen molar-refractivity contribution in [3.05, 3.63) is 82.9 Å². The number of hydrogen-bond donors (Lipinski definition) is 2. The number of rotatable bonds is 6. The normalized spacial score (nSPS) is 16.8. The Labute approximate surface area is 145 Å². The van der Waals surface area contributed by atoms with Gasteiger partial charge >= 0.3 is 0 Å². The van der Waals surface area contributed by atoms with Gasteiger partial charge in [-0.25, -0.2) is 0 Å². The molecule has 0 heterocycles. The highest BCUT2D eigenvalue weighted by atomic mass is 16.3. The molecule has 2 aromatic rings. The maximum absolute atomic E-state index is 10.5. The van der Waals surface area contributed by atoms with Gasteiger partial charge in [0.2, 0.25) is 0 Å². The summed E-state index contributed by atoms with van der Waals surface area (Å²) in [4.78, 5) is 0. The highest BCUT2D eigenvalue weighted by molar-refractivity contribution is 5.25. The van der Waals surface area contributed by atoms with E-state index in [4.69, 9.17) is 0 Å². The van der Waals surface area contributed by atoms with Gasteiger partial charge in [0.15, 0.2) is 0 Å². The van der Waals surface area contributed by atoms with Gasteiger partial charge in [-0.05, 0) is 25.0 Å². The molecular weight excluding hydrogens is 296 g/mol. The second kappa shape index (κ2) is 8.27. The van der Waals surface area contributed by atoms with E-state index in [1.54, 1.807) is 0 Å². The molecule has 4 unspecified atom stereocenters. The van der Waals surface area contributed by atoms with E-state index in [-0.39, 0.29) is 11.8 Å². The summed E-state index contributed by atoms with van der Waals surface area (Å²) in [5, 5.41) is 20.9. The Kier molecular flexibility index (Phi) is 6.36. The summed E-state index contributed by atoms with van der Waals surface area (Å²) in [6.07, 6.45) is 2.91. The lowest BCUT2D eigenvalue weighted by molar-refractivity contribution is 0.132. The van der Waals surface area contributed by atoms with Gasteiger partial charge in [0.05, 0.1) is 12.2 Å². The van der Waals surface area contributed by atoms with Crippen LogP contribution in [0.5, 0.6) is 0 Å². The lowest BCUT2D eigenvalue weighted by Crippen LogP contribution is -2.10. The van der Waals surface area contributed by atoms with E-state index >= 15 is 0 Å². The molecule has 2 nitrogen and oxygen atoms in total. The minimum atomic E-state index is -0.537. The van der Waals surface area contributed by atoms with E-state index in [1.807, 2.05) is 88.4 Å². The zero-order valence-electron chi connectivity index (χ0n) is 15.0. The standard InChI is InChI=1S/C22H28O2/c1-15-5-11-19(12-6-15)21(23)17(3)9-10-18(4)22(24)20-13-7-16(2)8-14-20/h5-14,17-18,21-24H,1-4H3/b10-9+. The zero-order valence-corrected chi connectivity index (χ0v) is 15.0. The van der Waals surface area contributed by atoms with Gasteiger partial charge in [0, 0.05) is 11.8 Å². The predicted molar refractivity (Wildman–Crippen MR) is 99.7 cm³/mol. The Hall–Kier alpha value is -1.90. The third-order valence-electron chi connectivity index (χ3n) is 4.55.